The summed E-state index contributed by atoms with van der Waals surface area (Å²) in [5, 5.41) is 3.28. The molecule has 0 bridgehead atoms. The fourth-order valence-electron chi connectivity index (χ4n) is 1.77. The Morgan fingerprint density at radius 1 is 1.43 bits per heavy atom. The van der Waals surface area contributed by atoms with Gasteiger partial charge in [0.05, 0.1) is 6.54 Å². The van der Waals surface area contributed by atoms with E-state index in [1.807, 2.05) is 4.90 Å². The number of carbonyl (C=O) groups is 1. The van der Waals surface area contributed by atoms with Crippen molar-refractivity contribution in [3.63, 3.8) is 0 Å². The molecule has 1 fully saturated rings. The second kappa shape index (κ2) is 3.89. The van der Waals surface area contributed by atoms with Gasteiger partial charge in [0.2, 0.25) is 5.91 Å². The van der Waals surface area contributed by atoms with Crippen LogP contribution >= 0.6 is 0 Å². The van der Waals surface area contributed by atoms with Crippen molar-refractivity contribution in [2.24, 2.45) is 5.92 Å². The van der Waals surface area contributed by atoms with Gasteiger partial charge in [-0.25, -0.2) is 0 Å². The number of piperazine rings is 1. The van der Waals surface area contributed by atoms with Crippen molar-refractivity contribution < 1.29 is 4.79 Å². The molecule has 0 aromatic heterocycles. The first-order valence-electron chi connectivity index (χ1n) is 5.36. The standard InChI is InChI=1S/C11H22N2O/c1-8(2)9-7-13(11(3,4)5)10(14)6-12-9/h8-9,12H,6-7H2,1-5H3/t9-/m1/s1. The number of rotatable bonds is 1. The molecule has 3 heteroatoms. The Balaban J connectivity index is 2.70. The minimum atomic E-state index is -0.0493. The van der Waals surface area contributed by atoms with Gasteiger partial charge in [0, 0.05) is 18.1 Å². The van der Waals surface area contributed by atoms with E-state index in [1.54, 1.807) is 0 Å². The summed E-state index contributed by atoms with van der Waals surface area (Å²) in [4.78, 5) is 13.7. The van der Waals surface area contributed by atoms with Crippen LogP contribution < -0.4 is 5.32 Å². The molecule has 0 aromatic carbocycles. The van der Waals surface area contributed by atoms with Gasteiger partial charge in [-0.05, 0) is 26.7 Å². The normalized spacial score (nSPS) is 24.6. The maximum absolute atomic E-state index is 11.7. The Morgan fingerprint density at radius 3 is 2.43 bits per heavy atom. The average Bonchev–Trinajstić information content (AvgIpc) is 2.02. The van der Waals surface area contributed by atoms with Crippen LogP contribution in [0.2, 0.25) is 0 Å². The van der Waals surface area contributed by atoms with Crippen LogP contribution in [0.5, 0.6) is 0 Å². The Bertz CT molecular complexity index is 218. The summed E-state index contributed by atoms with van der Waals surface area (Å²) in [5.41, 5.74) is -0.0493. The summed E-state index contributed by atoms with van der Waals surface area (Å²) >= 11 is 0. The predicted molar refractivity (Wildman–Crippen MR) is 58.1 cm³/mol. The van der Waals surface area contributed by atoms with Crippen LogP contribution in [-0.4, -0.2) is 35.5 Å². The lowest BCUT2D eigenvalue weighted by Gasteiger charge is -2.43. The summed E-state index contributed by atoms with van der Waals surface area (Å²) in [5.74, 6) is 0.794. The van der Waals surface area contributed by atoms with E-state index in [9.17, 15) is 4.79 Å². The molecule has 1 aliphatic rings. The van der Waals surface area contributed by atoms with Crippen molar-refractivity contribution in [2.45, 2.75) is 46.2 Å². The lowest BCUT2D eigenvalue weighted by molar-refractivity contribution is -0.138. The lowest BCUT2D eigenvalue weighted by atomic mass is 9.97. The van der Waals surface area contributed by atoms with Crippen LogP contribution in [0.15, 0.2) is 0 Å². The van der Waals surface area contributed by atoms with E-state index in [0.717, 1.165) is 6.54 Å². The second-order valence-electron chi connectivity index (χ2n) is 5.41. The zero-order chi connectivity index (χ0) is 10.9. The molecule has 1 aliphatic heterocycles. The van der Waals surface area contributed by atoms with Crippen molar-refractivity contribution in [2.75, 3.05) is 13.1 Å². The van der Waals surface area contributed by atoms with Gasteiger partial charge in [0.25, 0.3) is 0 Å². The molecule has 1 atom stereocenters. The minimum Gasteiger partial charge on any atom is -0.335 e. The van der Waals surface area contributed by atoms with Crippen molar-refractivity contribution >= 4 is 5.91 Å². The SMILES string of the molecule is CC(C)[C@H]1CN(C(C)(C)C)C(=O)CN1. The van der Waals surface area contributed by atoms with E-state index >= 15 is 0 Å². The number of nitrogens with one attached hydrogen (secondary N) is 1. The Hall–Kier alpha value is -0.570. The molecule has 1 N–H and O–H groups in total. The number of hydrogen-bond donors (Lipinski definition) is 1. The highest BCUT2D eigenvalue weighted by Crippen LogP contribution is 2.18. The molecule has 0 spiro atoms. The molecule has 1 saturated heterocycles. The molecule has 82 valence electrons. The molecule has 14 heavy (non-hydrogen) atoms. The first-order chi connectivity index (χ1) is 6.32. The summed E-state index contributed by atoms with van der Waals surface area (Å²) in [7, 11) is 0. The third kappa shape index (κ3) is 2.47. The smallest absolute Gasteiger partial charge is 0.237 e. The fraction of sp³-hybridized carbons (Fsp3) is 0.909. The van der Waals surface area contributed by atoms with Gasteiger partial charge >= 0.3 is 0 Å². The number of amides is 1. The molecule has 1 heterocycles. The second-order valence-corrected chi connectivity index (χ2v) is 5.41. The third-order valence-electron chi connectivity index (χ3n) is 2.81. The molecular weight excluding hydrogens is 176 g/mol. The summed E-state index contributed by atoms with van der Waals surface area (Å²) < 4.78 is 0. The van der Waals surface area contributed by atoms with Crippen LogP contribution in [0.4, 0.5) is 0 Å². The topological polar surface area (TPSA) is 32.3 Å². The molecule has 0 unspecified atom stereocenters. The number of nitrogens with zero attached hydrogens (tertiary/aromatic N) is 1. The van der Waals surface area contributed by atoms with Crippen molar-refractivity contribution in [1.29, 1.82) is 0 Å². The first kappa shape index (κ1) is 11.5. The van der Waals surface area contributed by atoms with E-state index in [2.05, 4.69) is 39.9 Å². The van der Waals surface area contributed by atoms with E-state index in [0.29, 0.717) is 18.5 Å². The summed E-state index contributed by atoms with van der Waals surface area (Å²) in [6.45, 7) is 12.0. The summed E-state index contributed by atoms with van der Waals surface area (Å²) in [6, 6.07) is 0.437. The van der Waals surface area contributed by atoms with Gasteiger partial charge in [-0.1, -0.05) is 13.8 Å². The fourth-order valence-corrected chi connectivity index (χ4v) is 1.77. The maximum Gasteiger partial charge on any atom is 0.237 e. The van der Waals surface area contributed by atoms with E-state index < -0.39 is 0 Å². The number of hydrogen-bond acceptors (Lipinski definition) is 2. The first-order valence-corrected chi connectivity index (χ1v) is 5.36. The largest absolute Gasteiger partial charge is 0.335 e. The van der Waals surface area contributed by atoms with Gasteiger partial charge in [-0.2, -0.15) is 0 Å². The Labute approximate surface area is 86.9 Å². The van der Waals surface area contributed by atoms with Gasteiger partial charge in [-0.3, -0.25) is 4.79 Å². The van der Waals surface area contributed by atoms with Crippen LogP contribution in [0.3, 0.4) is 0 Å². The zero-order valence-corrected chi connectivity index (χ0v) is 9.92. The zero-order valence-electron chi connectivity index (χ0n) is 9.92. The highest BCUT2D eigenvalue weighted by molar-refractivity contribution is 5.79. The van der Waals surface area contributed by atoms with Gasteiger partial charge in [0.15, 0.2) is 0 Å². The molecule has 0 aliphatic carbocycles. The highest BCUT2D eigenvalue weighted by Gasteiger charge is 2.33. The van der Waals surface area contributed by atoms with Crippen molar-refractivity contribution in [3.05, 3.63) is 0 Å². The summed E-state index contributed by atoms with van der Waals surface area (Å²) in [6.07, 6.45) is 0. The van der Waals surface area contributed by atoms with Gasteiger partial charge in [0.1, 0.15) is 0 Å². The predicted octanol–water partition coefficient (Wildman–Crippen LogP) is 1.24. The molecule has 1 rings (SSSR count). The molecule has 0 radical (unpaired) electrons. The van der Waals surface area contributed by atoms with Crippen LogP contribution in [0, 0.1) is 5.92 Å². The maximum atomic E-state index is 11.7. The quantitative estimate of drug-likeness (QED) is 0.687. The molecule has 0 aromatic rings. The Kier molecular flexibility index (Phi) is 3.20. The number of carbonyl (C=O) groups excluding carboxylic acids is 1. The Morgan fingerprint density at radius 2 is 2.00 bits per heavy atom. The molecule has 3 nitrogen and oxygen atoms in total. The lowest BCUT2D eigenvalue weighted by Crippen LogP contribution is -2.61. The van der Waals surface area contributed by atoms with Crippen LogP contribution in [0.25, 0.3) is 0 Å². The van der Waals surface area contributed by atoms with Crippen molar-refractivity contribution in [1.82, 2.24) is 10.2 Å². The monoisotopic (exact) mass is 198 g/mol. The van der Waals surface area contributed by atoms with E-state index in [4.69, 9.17) is 0 Å². The van der Waals surface area contributed by atoms with Crippen LogP contribution in [-0.2, 0) is 4.79 Å². The van der Waals surface area contributed by atoms with Gasteiger partial charge < -0.3 is 10.2 Å². The molecule has 0 saturated carbocycles. The van der Waals surface area contributed by atoms with Gasteiger partial charge in [-0.15, -0.1) is 0 Å². The molecular formula is C11H22N2O. The van der Waals surface area contributed by atoms with Crippen LogP contribution in [0.1, 0.15) is 34.6 Å². The van der Waals surface area contributed by atoms with Crippen molar-refractivity contribution in [3.8, 4) is 0 Å². The molecule has 1 amide bonds. The van der Waals surface area contributed by atoms with E-state index in [-0.39, 0.29) is 11.4 Å². The third-order valence-corrected chi connectivity index (χ3v) is 2.81. The average molecular weight is 198 g/mol. The van der Waals surface area contributed by atoms with E-state index in [1.165, 1.54) is 0 Å². The minimum absolute atomic E-state index is 0.0493. The highest BCUT2D eigenvalue weighted by atomic mass is 16.2.